The summed E-state index contributed by atoms with van der Waals surface area (Å²) in [6, 6.07) is 30.2. The molecule has 3 heterocycles. The number of aliphatic hydroxyl groups excluding tert-OH is 2. The van der Waals surface area contributed by atoms with E-state index in [2.05, 4.69) is 45.2 Å². The van der Waals surface area contributed by atoms with Crippen molar-refractivity contribution < 1.29 is 21.1 Å². The molecule has 1 fully saturated rings. The maximum Gasteiger partial charge on any atom is 0.252 e. The van der Waals surface area contributed by atoms with E-state index in [0.29, 0.717) is 36.5 Å². The maximum absolute atomic E-state index is 12.7. The highest BCUT2D eigenvalue weighted by Gasteiger charge is 2.47. The van der Waals surface area contributed by atoms with Crippen LogP contribution < -0.4 is 21.7 Å². The minimum atomic E-state index is -1.50. The lowest BCUT2D eigenvalue weighted by atomic mass is 9.91. The lowest BCUT2D eigenvalue weighted by Gasteiger charge is -2.21. The fraction of sp³-hybridized carbons (Fsp3) is 0.314. The molecule has 6 rings (SSSR count). The topological polar surface area (TPSA) is 172 Å². The zero-order chi connectivity index (χ0) is 33.5. The molecule has 1 aliphatic heterocycles. The van der Waals surface area contributed by atoms with Gasteiger partial charge in [-0.05, 0) is 30.0 Å². The van der Waals surface area contributed by atoms with Gasteiger partial charge < -0.3 is 36.6 Å². The number of anilines is 2. The van der Waals surface area contributed by atoms with E-state index in [1.807, 2.05) is 66.7 Å². The molecule has 5 aromatic rings. The Morgan fingerprint density at radius 1 is 0.979 bits per heavy atom. The maximum atomic E-state index is 12.7. The first-order chi connectivity index (χ1) is 23.5. The number of rotatable bonds is 13. The van der Waals surface area contributed by atoms with Crippen molar-refractivity contribution >= 4 is 28.8 Å². The predicted octanol–water partition coefficient (Wildman–Crippen LogP) is 2.81. The molecule has 2 aromatic heterocycles. The highest BCUT2D eigenvalue weighted by atomic mass is 16.6. The van der Waals surface area contributed by atoms with Gasteiger partial charge >= 0.3 is 0 Å². The zero-order valence-electron chi connectivity index (χ0n) is 26.8. The molecule has 1 aliphatic rings. The molecule has 244 valence electrons. The van der Waals surface area contributed by atoms with Crippen molar-refractivity contribution in [2.75, 3.05) is 30.3 Å². The normalized spacial score (nSPS) is 20.2. The summed E-state index contributed by atoms with van der Waals surface area (Å²) >= 11 is 0. The van der Waals surface area contributed by atoms with Gasteiger partial charge in [0.05, 0.1) is 6.33 Å². The van der Waals surface area contributed by atoms with Gasteiger partial charge in [-0.15, -0.1) is 0 Å². The van der Waals surface area contributed by atoms with Gasteiger partial charge in [-0.25, -0.2) is 4.98 Å². The van der Waals surface area contributed by atoms with Crippen molar-refractivity contribution in [1.29, 1.82) is 0 Å². The van der Waals surface area contributed by atoms with E-state index in [0.717, 1.165) is 16.7 Å². The Morgan fingerprint density at radius 3 is 2.28 bits per heavy atom. The highest BCUT2D eigenvalue weighted by molar-refractivity contribution is 5.85. The van der Waals surface area contributed by atoms with Crippen molar-refractivity contribution in [3.8, 4) is 0 Å². The number of fused-ring (bicyclic) bond motifs is 1. The Hall–Kier alpha value is -4.88. The van der Waals surface area contributed by atoms with Crippen LogP contribution in [-0.4, -0.2) is 79.6 Å². The summed E-state index contributed by atoms with van der Waals surface area (Å²) in [7, 11) is 0. The van der Waals surface area contributed by atoms with Gasteiger partial charge in [0.1, 0.15) is 12.2 Å². The summed E-state index contributed by atoms with van der Waals surface area (Å²) in [6.45, 7) is 0.860. The third-order valence-electron chi connectivity index (χ3n) is 8.31. The van der Waals surface area contributed by atoms with E-state index >= 15 is 0 Å². The van der Waals surface area contributed by atoms with Crippen LogP contribution in [0.5, 0.6) is 0 Å². The molecule has 0 aliphatic carbocycles. The number of aliphatic hydroxyl groups is 2. The van der Waals surface area contributed by atoms with Crippen LogP contribution >= 0.6 is 0 Å². The van der Waals surface area contributed by atoms with E-state index in [1.54, 1.807) is 0 Å². The van der Waals surface area contributed by atoms with Crippen LogP contribution in [0.3, 0.4) is 0 Å². The first-order valence-corrected chi connectivity index (χ1v) is 15.6. The summed E-state index contributed by atoms with van der Waals surface area (Å²) in [6.07, 6.45) is -3.36. The van der Waals surface area contributed by atoms with E-state index in [9.17, 15) is 15.0 Å². The molecule has 7 N–H and O–H groups in total. The molecule has 1 amide bonds. The van der Waals surface area contributed by atoms with E-state index in [4.69, 9.17) is 21.8 Å². The second-order valence-corrected chi connectivity index (χ2v) is 11.5. The third kappa shape index (κ3) is 7.10. The van der Waals surface area contributed by atoms with Gasteiger partial charge in [-0.3, -0.25) is 9.36 Å². The van der Waals surface area contributed by atoms with Crippen LogP contribution in [-0.2, 0) is 16.0 Å². The number of imidazole rings is 1. The number of aromatic nitrogens is 4. The number of nitrogens with zero attached hydrogens (tertiary/aromatic N) is 4. The second kappa shape index (κ2) is 14.7. The first-order valence-electron chi connectivity index (χ1n) is 16.3. The van der Waals surface area contributed by atoms with Crippen LogP contribution in [0.2, 0.25) is 0 Å². The quantitative estimate of drug-likeness (QED) is 0.113. The van der Waals surface area contributed by atoms with Crippen molar-refractivity contribution in [3.63, 3.8) is 0 Å². The number of hydrogen-bond donors (Lipinski definition) is 6. The molecule has 3 aromatic carbocycles. The summed E-state index contributed by atoms with van der Waals surface area (Å²) in [5.74, 6) is 0.113. The smallest absolute Gasteiger partial charge is 0.252 e. The third-order valence-corrected chi connectivity index (χ3v) is 8.31. The summed E-state index contributed by atoms with van der Waals surface area (Å²) in [4.78, 5) is 26.9. The molecule has 0 saturated carbocycles. The van der Waals surface area contributed by atoms with Gasteiger partial charge in [0, 0.05) is 33.0 Å². The summed E-state index contributed by atoms with van der Waals surface area (Å²) in [5, 5.41) is 31.2. The number of benzene rings is 3. The molecule has 1 unspecified atom stereocenters. The SMILES string of the molecule is [2H]CCNC(=O)[C@H]1O[C@H](n2cnc3c(NCC(c4ccccc4)c4ccccc4)nc(NC(CN)Cc4ccccc4)nc32)[C@H](O)[C@@H]1O. The molecule has 12 nitrogen and oxygen atoms in total. The van der Waals surface area contributed by atoms with Gasteiger partial charge in [-0.2, -0.15) is 9.97 Å². The minimum Gasteiger partial charge on any atom is -0.387 e. The van der Waals surface area contributed by atoms with E-state index < -0.39 is 30.4 Å². The Labute approximate surface area is 274 Å². The van der Waals surface area contributed by atoms with Crippen molar-refractivity contribution in [2.45, 2.75) is 49.8 Å². The summed E-state index contributed by atoms with van der Waals surface area (Å²) < 4.78 is 14.7. The molecule has 47 heavy (non-hydrogen) atoms. The molecule has 0 bridgehead atoms. The number of nitrogens with two attached hydrogens (primary N) is 1. The van der Waals surface area contributed by atoms with E-state index in [-0.39, 0.29) is 31.4 Å². The lowest BCUT2D eigenvalue weighted by Crippen LogP contribution is -2.42. The van der Waals surface area contributed by atoms with Crippen molar-refractivity contribution in [3.05, 3.63) is 114 Å². The Bertz CT molecular complexity index is 1740. The molecule has 12 heteroatoms. The van der Waals surface area contributed by atoms with Crippen LogP contribution in [0.4, 0.5) is 11.8 Å². The number of likely N-dealkylation sites (N-methyl/N-ethyl adjacent to an activating group) is 1. The Kier molecular flexibility index (Phi) is 9.61. The Morgan fingerprint density at radius 2 is 1.64 bits per heavy atom. The molecular weight excluding hydrogens is 596 g/mol. The highest BCUT2D eigenvalue weighted by Crippen LogP contribution is 2.34. The number of carbonyl (C=O) groups excluding carboxylic acids is 1. The van der Waals surface area contributed by atoms with Crippen molar-refractivity contribution in [2.24, 2.45) is 5.73 Å². The van der Waals surface area contributed by atoms with Crippen LogP contribution in [0.25, 0.3) is 11.2 Å². The standard InChI is InChI=1S/C35H40N8O4/c1-2-37-33(46)30-28(44)29(45)34(47-30)43-21-39-27-31(38-20-26(23-14-8-4-9-15-23)24-16-10-5-11-17-24)41-35(42-32(27)43)40-25(19-36)18-22-12-6-3-7-13-22/h3-17,21,25-26,28-30,34,44-45H,2,18-20,36H2,1H3,(H,37,46)(H2,38,40,41,42)/t25?,28-,29+,30-,34-/m0/s1/i1D. The molecule has 1 saturated heterocycles. The molecule has 0 spiro atoms. The fourth-order valence-electron chi connectivity index (χ4n) is 5.89. The fourth-order valence-corrected chi connectivity index (χ4v) is 5.89. The second-order valence-electron chi connectivity index (χ2n) is 11.5. The molecular formula is C35H40N8O4. The monoisotopic (exact) mass is 637 g/mol. The number of amides is 1. The number of nitrogens with one attached hydrogen (secondary N) is 3. The predicted molar refractivity (Wildman–Crippen MR) is 180 cm³/mol. The van der Waals surface area contributed by atoms with Gasteiger partial charge in [0.2, 0.25) is 5.95 Å². The van der Waals surface area contributed by atoms with Gasteiger partial charge in [0.25, 0.3) is 5.91 Å². The number of carbonyl (C=O) groups is 1. The van der Waals surface area contributed by atoms with Crippen LogP contribution in [0.1, 0.15) is 37.1 Å². The zero-order valence-corrected chi connectivity index (χ0v) is 25.8. The Balaban J connectivity index is 1.35. The van der Waals surface area contributed by atoms with Crippen LogP contribution in [0.15, 0.2) is 97.3 Å². The number of hydrogen-bond acceptors (Lipinski definition) is 10. The molecule has 5 atom stereocenters. The first kappa shape index (κ1) is 30.8. The minimum absolute atomic E-state index is 0.0103. The van der Waals surface area contributed by atoms with Gasteiger partial charge in [-0.1, -0.05) is 91.0 Å². The van der Waals surface area contributed by atoms with Crippen LogP contribution in [0, 0.1) is 0 Å². The summed E-state index contributed by atoms with van der Waals surface area (Å²) in [5.41, 5.74) is 10.3. The molecule has 0 radical (unpaired) electrons. The number of ether oxygens (including phenoxy) is 1. The van der Waals surface area contributed by atoms with Gasteiger partial charge in [0.15, 0.2) is 29.3 Å². The van der Waals surface area contributed by atoms with Crippen molar-refractivity contribution in [1.82, 2.24) is 24.8 Å². The average Bonchev–Trinajstić information content (AvgIpc) is 3.68. The largest absolute Gasteiger partial charge is 0.387 e. The average molecular weight is 638 g/mol. The lowest BCUT2D eigenvalue weighted by molar-refractivity contribution is -0.137. The van der Waals surface area contributed by atoms with E-state index in [1.165, 1.54) is 10.9 Å².